The maximum atomic E-state index is 12.1. The Kier molecular flexibility index (Phi) is 5.92. The quantitative estimate of drug-likeness (QED) is 0.610. The van der Waals surface area contributed by atoms with E-state index in [1.54, 1.807) is 11.3 Å². The number of hydrogen-bond donors (Lipinski definition) is 2. The second kappa shape index (κ2) is 8.76. The minimum atomic E-state index is -0.207. The third kappa shape index (κ3) is 4.83. The SMILES string of the molecule is CC(C)N1CC(c2ncc(-c3ccc(NC(=O)NCc4ccccc4)cc3)s2)C1. The van der Waals surface area contributed by atoms with Crippen LogP contribution in [0, 0.1) is 0 Å². The van der Waals surface area contributed by atoms with Crippen molar-refractivity contribution in [3.8, 4) is 10.4 Å². The van der Waals surface area contributed by atoms with Gasteiger partial charge in [0.1, 0.15) is 0 Å². The Morgan fingerprint density at radius 3 is 2.55 bits per heavy atom. The third-order valence-electron chi connectivity index (χ3n) is 5.24. The summed E-state index contributed by atoms with van der Waals surface area (Å²) < 4.78 is 0. The summed E-state index contributed by atoms with van der Waals surface area (Å²) in [5, 5.41) is 6.97. The molecule has 0 aliphatic carbocycles. The lowest BCUT2D eigenvalue weighted by molar-refractivity contribution is 0.110. The zero-order valence-corrected chi connectivity index (χ0v) is 17.6. The lowest BCUT2D eigenvalue weighted by Crippen LogP contribution is -2.48. The fourth-order valence-electron chi connectivity index (χ4n) is 3.37. The van der Waals surface area contributed by atoms with Crippen molar-refractivity contribution in [1.82, 2.24) is 15.2 Å². The lowest BCUT2D eigenvalue weighted by Gasteiger charge is -2.41. The van der Waals surface area contributed by atoms with Crippen LogP contribution in [0.2, 0.25) is 0 Å². The van der Waals surface area contributed by atoms with Crippen molar-refractivity contribution >= 4 is 23.1 Å². The van der Waals surface area contributed by atoms with Gasteiger partial charge in [0, 0.05) is 43.5 Å². The van der Waals surface area contributed by atoms with E-state index in [1.165, 1.54) is 9.88 Å². The Bertz CT molecular complexity index is 947. The van der Waals surface area contributed by atoms with Crippen LogP contribution >= 0.6 is 11.3 Å². The molecule has 0 saturated carbocycles. The first-order valence-electron chi connectivity index (χ1n) is 9.97. The molecule has 2 amide bonds. The van der Waals surface area contributed by atoms with Gasteiger partial charge in [-0.1, -0.05) is 42.5 Å². The van der Waals surface area contributed by atoms with Crippen LogP contribution in [-0.4, -0.2) is 35.0 Å². The van der Waals surface area contributed by atoms with E-state index >= 15 is 0 Å². The number of nitrogens with zero attached hydrogens (tertiary/aromatic N) is 2. The first-order valence-corrected chi connectivity index (χ1v) is 10.8. The van der Waals surface area contributed by atoms with Gasteiger partial charge in [-0.15, -0.1) is 11.3 Å². The minimum Gasteiger partial charge on any atom is -0.334 e. The molecular weight excluding hydrogens is 380 g/mol. The first-order chi connectivity index (χ1) is 14.1. The summed E-state index contributed by atoms with van der Waals surface area (Å²) in [5.74, 6) is 0.561. The van der Waals surface area contributed by atoms with Crippen molar-refractivity contribution in [3.05, 3.63) is 71.4 Å². The Morgan fingerprint density at radius 2 is 1.86 bits per heavy atom. The number of rotatable bonds is 6. The Balaban J connectivity index is 1.31. The van der Waals surface area contributed by atoms with Gasteiger partial charge in [0.05, 0.1) is 9.88 Å². The molecule has 2 aromatic carbocycles. The summed E-state index contributed by atoms with van der Waals surface area (Å²) in [7, 11) is 0. The summed E-state index contributed by atoms with van der Waals surface area (Å²) in [5.41, 5.74) is 2.97. The average molecular weight is 407 g/mol. The van der Waals surface area contributed by atoms with Gasteiger partial charge >= 0.3 is 6.03 Å². The number of carbonyl (C=O) groups excluding carboxylic acids is 1. The molecule has 1 saturated heterocycles. The normalized spacial score (nSPS) is 14.6. The van der Waals surface area contributed by atoms with Crippen LogP contribution < -0.4 is 10.6 Å². The average Bonchev–Trinajstić information content (AvgIpc) is 3.16. The molecule has 6 heteroatoms. The Labute approximate surface area is 175 Å². The van der Waals surface area contributed by atoms with Crippen molar-refractivity contribution in [3.63, 3.8) is 0 Å². The van der Waals surface area contributed by atoms with Gasteiger partial charge in [0.2, 0.25) is 0 Å². The maximum absolute atomic E-state index is 12.1. The number of amides is 2. The fourth-order valence-corrected chi connectivity index (χ4v) is 4.38. The topological polar surface area (TPSA) is 57.3 Å². The molecule has 0 spiro atoms. The van der Waals surface area contributed by atoms with Crippen LogP contribution in [0.1, 0.15) is 30.3 Å². The predicted octanol–water partition coefficient (Wildman–Crippen LogP) is 4.94. The van der Waals surface area contributed by atoms with Gasteiger partial charge in [0.25, 0.3) is 0 Å². The molecule has 4 rings (SSSR count). The summed E-state index contributed by atoms with van der Waals surface area (Å²) in [6, 6.07) is 18.2. The number of urea groups is 1. The molecule has 0 unspecified atom stereocenters. The van der Waals surface area contributed by atoms with Crippen LogP contribution in [0.4, 0.5) is 10.5 Å². The Morgan fingerprint density at radius 1 is 1.14 bits per heavy atom. The Hall–Kier alpha value is -2.70. The van der Waals surface area contributed by atoms with Crippen molar-refractivity contribution in [2.24, 2.45) is 0 Å². The van der Waals surface area contributed by atoms with E-state index < -0.39 is 0 Å². The number of thiazole rings is 1. The van der Waals surface area contributed by atoms with E-state index in [4.69, 9.17) is 0 Å². The highest BCUT2D eigenvalue weighted by Gasteiger charge is 2.31. The zero-order chi connectivity index (χ0) is 20.2. The van der Waals surface area contributed by atoms with Gasteiger partial charge in [-0.25, -0.2) is 9.78 Å². The van der Waals surface area contributed by atoms with Crippen LogP contribution in [0.15, 0.2) is 60.8 Å². The molecule has 0 radical (unpaired) electrons. The predicted molar refractivity (Wildman–Crippen MR) is 119 cm³/mol. The minimum absolute atomic E-state index is 0.207. The first kappa shape index (κ1) is 19.6. The number of hydrogen-bond acceptors (Lipinski definition) is 4. The van der Waals surface area contributed by atoms with Crippen LogP contribution in [0.25, 0.3) is 10.4 Å². The summed E-state index contributed by atoms with van der Waals surface area (Å²) >= 11 is 1.77. The number of aromatic nitrogens is 1. The molecule has 1 aliphatic heterocycles. The van der Waals surface area contributed by atoms with Crippen molar-refractivity contribution in [2.75, 3.05) is 18.4 Å². The lowest BCUT2D eigenvalue weighted by atomic mass is 9.99. The molecule has 29 heavy (non-hydrogen) atoms. The largest absolute Gasteiger partial charge is 0.334 e. The zero-order valence-electron chi connectivity index (χ0n) is 16.8. The van der Waals surface area contributed by atoms with E-state index in [2.05, 4.69) is 34.4 Å². The third-order valence-corrected chi connectivity index (χ3v) is 6.44. The highest BCUT2D eigenvalue weighted by Crippen LogP contribution is 2.35. The summed E-state index contributed by atoms with van der Waals surface area (Å²) in [4.78, 5) is 20.4. The van der Waals surface area contributed by atoms with Crippen LogP contribution in [0.3, 0.4) is 0 Å². The van der Waals surface area contributed by atoms with Crippen molar-refractivity contribution in [2.45, 2.75) is 32.4 Å². The number of likely N-dealkylation sites (tertiary alicyclic amines) is 1. The van der Waals surface area contributed by atoms with E-state index in [1.807, 2.05) is 60.8 Å². The maximum Gasteiger partial charge on any atom is 0.319 e. The second-order valence-electron chi connectivity index (χ2n) is 7.68. The van der Waals surface area contributed by atoms with E-state index in [-0.39, 0.29) is 6.03 Å². The highest BCUT2D eigenvalue weighted by atomic mass is 32.1. The molecule has 3 aromatic rings. The van der Waals surface area contributed by atoms with Crippen molar-refractivity contribution < 1.29 is 4.79 Å². The molecule has 1 fully saturated rings. The number of benzene rings is 2. The van der Waals surface area contributed by atoms with Crippen molar-refractivity contribution in [1.29, 1.82) is 0 Å². The van der Waals surface area contributed by atoms with Crippen LogP contribution in [0.5, 0.6) is 0 Å². The standard InChI is InChI=1S/C23H26N4OS/c1-16(2)27-14-19(15-27)22-24-13-21(29-22)18-8-10-20(11-9-18)26-23(28)25-12-17-6-4-3-5-7-17/h3-11,13,16,19H,12,14-15H2,1-2H3,(H2,25,26,28). The molecule has 1 aliphatic rings. The molecular formula is C23H26N4OS. The van der Waals surface area contributed by atoms with E-state index in [0.29, 0.717) is 18.5 Å². The highest BCUT2D eigenvalue weighted by molar-refractivity contribution is 7.15. The monoisotopic (exact) mass is 406 g/mol. The molecule has 5 nitrogen and oxygen atoms in total. The van der Waals surface area contributed by atoms with E-state index in [9.17, 15) is 4.79 Å². The molecule has 150 valence electrons. The van der Waals surface area contributed by atoms with E-state index in [0.717, 1.165) is 29.9 Å². The molecule has 1 aromatic heterocycles. The summed E-state index contributed by atoms with van der Waals surface area (Å²) in [6.45, 7) is 7.18. The molecule has 0 atom stereocenters. The van der Waals surface area contributed by atoms with Gasteiger partial charge < -0.3 is 10.6 Å². The van der Waals surface area contributed by atoms with Gasteiger partial charge in [-0.05, 0) is 37.1 Å². The second-order valence-corrected chi connectivity index (χ2v) is 8.74. The van der Waals surface area contributed by atoms with Gasteiger partial charge in [0.15, 0.2) is 0 Å². The van der Waals surface area contributed by atoms with Gasteiger partial charge in [-0.2, -0.15) is 0 Å². The molecule has 0 bridgehead atoms. The van der Waals surface area contributed by atoms with Crippen LogP contribution in [-0.2, 0) is 6.54 Å². The fraction of sp³-hybridized carbons (Fsp3) is 0.304. The van der Waals surface area contributed by atoms with Gasteiger partial charge in [-0.3, -0.25) is 4.90 Å². The smallest absolute Gasteiger partial charge is 0.319 e. The molecule has 2 N–H and O–H groups in total. The number of carbonyl (C=O) groups is 1. The molecule has 2 heterocycles. The summed E-state index contributed by atoms with van der Waals surface area (Å²) in [6.07, 6.45) is 1.97. The number of anilines is 1. The number of nitrogens with one attached hydrogen (secondary N) is 2.